The zero-order valence-electron chi connectivity index (χ0n) is 65.1. The Labute approximate surface area is 621 Å². The number of carbonyl (C=O) groups is 1. The van der Waals surface area contributed by atoms with Gasteiger partial charge < -0.3 is 89.9 Å². The Morgan fingerprint density at radius 2 is 0.559 bits per heavy atom. The molecule has 0 aromatic rings. The molecule has 17 atom stereocenters. The Kier molecular flexibility index (Phi) is 60.2. The van der Waals surface area contributed by atoms with Crippen LogP contribution in [0.1, 0.15) is 393 Å². The van der Waals surface area contributed by atoms with Gasteiger partial charge in [-0.05, 0) is 12.8 Å². The normalized spacial score (nSPS) is 26.1. The van der Waals surface area contributed by atoms with Crippen molar-refractivity contribution in [3.63, 3.8) is 0 Å². The number of unbranched alkanes of at least 4 members (excludes halogenated alkanes) is 55. The molecule has 3 rings (SSSR count). The van der Waals surface area contributed by atoms with Gasteiger partial charge in [-0.2, -0.15) is 0 Å². The average molecular weight is 1460 g/mol. The number of rotatable bonds is 71. The molecule has 19 heteroatoms. The van der Waals surface area contributed by atoms with Crippen LogP contribution in [0.4, 0.5) is 0 Å². The molecule has 19 nitrogen and oxygen atoms in total. The first-order valence-electron chi connectivity index (χ1n) is 43.3. The number of amides is 1. The standard InChI is InChI=1S/C83H161NO18/c1-3-5-7-9-11-13-15-17-19-21-23-25-27-29-30-31-32-33-34-35-36-37-39-41-43-45-47-49-51-53-55-57-59-61-71(89)84-66(67(88)60-58-56-54-52-50-48-46-44-42-40-38-28-26-24-22-20-18-16-14-12-10-8-6-4-2)65-97-81-77(95)74(92)79(69(63-86)99-81)102-83-78(96)75(93)80(70(64-87)100-83)101-82-76(94)73(91)72(90)68(62-85)98-82/h66-70,72-83,85-88,90-96H,3-65H2,1-2H3,(H,84,89). The van der Waals surface area contributed by atoms with Crippen LogP contribution >= 0.6 is 0 Å². The summed E-state index contributed by atoms with van der Waals surface area (Å²) in [6, 6.07) is -0.884. The van der Waals surface area contributed by atoms with E-state index >= 15 is 0 Å². The van der Waals surface area contributed by atoms with E-state index in [2.05, 4.69) is 19.2 Å². The van der Waals surface area contributed by atoms with Crippen molar-refractivity contribution >= 4 is 5.91 Å². The van der Waals surface area contributed by atoms with Crippen molar-refractivity contribution in [1.82, 2.24) is 5.32 Å². The Bertz CT molecular complexity index is 1840. The molecule has 0 saturated carbocycles. The van der Waals surface area contributed by atoms with Gasteiger partial charge in [-0.1, -0.05) is 373 Å². The maximum atomic E-state index is 13.5. The molecule has 1 amide bonds. The van der Waals surface area contributed by atoms with Gasteiger partial charge >= 0.3 is 0 Å². The van der Waals surface area contributed by atoms with Crippen LogP contribution in [0.15, 0.2) is 0 Å². The SMILES string of the molecule is CCCCCCCCCCCCCCCCCCCCCCCCCCCCCCCCCCCC(=O)NC(COC1OC(CO)C(OC2OC(CO)C(OC3OC(CO)C(O)C(O)C3O)C(O)C2O)C(O)C1O)C(O)CCCCCCCCCCCCCCCCCCCCCCCCCC. The van der Waals surface area contributed by atoms with E-state index in [-0.39, 0.29) is 18.9 Å². The molecule has 12 N–H and O–H groups in total. The fourth-order valence-corrected chi connectivity index (χ4v) is 15.3. The average Bonchev–Trinajstić information content (AvgIpc) is 0.781. The van der Waals surface area contributed by atoms with Crippen molar-refractivity contribution in [2.45, 2.75) is 497 Å². The molecule has 3 aliphatic rings. The third-order valence-electron chi connectivity index (χ3n) is 22.2. The van der Waals surface area contributed by atoms with Crippen LogP contribution < -0.4 is 5.32 Å². The van der Waals surface area contributed by atoms with Gasteiger partial charge in [0.25, 0.3) is 0 Å². The van der Waals surface area contributed by atoms with E-state index in [0.29, 0.717) is 12.8 Å². The minimum absolute atomic E-state index is 0.231. The van der Waals surface area contributed by atoms with Crippen molar-refractivity contribution < 1.29 is 89.4 Å². The summed E-state index contributed by atoms with van der Waals surface area (Å²) in [4.78, 5) is 13.5. The van der Waals surface area contributed by atoms with Crippen molar-refractivity contribution in [1.29, 1.82) is 0 Å². The zero-order chi connectivity index (χ0) is 73.9. The molecule has 0 radical (unpaired) electrons. The third kappa shape index (κ3) is 43.8. The summed E-state index contributed by atoms with van der Waals surface area (Å²) in [6.07, 6.45) is 49.2. The van der Waals surface area contributed by atoms with Gasteiger partial charge in [0.05, 0.1) is 38.6 Å². The lowest BCUT2D eigenvalue weighted by atomic mass is 9.96. The number of ether oxygens (including phenoxy) is 6. The molecular weight excluding hydrogens is 1300 g/mol. The van der Waals surface area contributed by atoms with E-state index in [1.807, 2.05) is 0 Å². The number of hydrogen-bond donors (Lipinski definition) is 12. The molecule has 0 spiro atoms. The van der Waals surface area contributed by atoms with Crippen molar-refractivity contribution in [3.8, 4) is 0 Å². The number of nitrogens with one attached hydrogen (secondary N) is 1. The Balaban J connectivity index is 1.33. The lowest BCUT2D eigenvalue weighted by Crippen LogP contribution is -2.66. The molecule has 17 unspecified atom stereocenters. The first-order chi connectivity index (χ1) is 49.8. The summed E-state index contributed by atoms with van der Waals surface area (Å²) in [5.74, 6) is -0.231. The molecule has 3 fully saturated rings. The Morgan fingerprint density at radius 3 is 0.853 bits per heavy atom. The van der Waals surface area contributed by atoms with E-state index in [1.165, 1.54) is 315 Å². The quantitative estimate of drug-likeness (QED) is 0.0252. The monoisotopic (exact) mass is 1460 g/mol. The van der Waals surface area contributed by atoms with Gasteiger partial charge in [-0.3, -0.25) is 4.79 Å². The van der Waals surface area contributed by atoms with Gasteiger partial charge in [0.1, 0.15) is 73.2 Å². The highest BCUT2D eigenvalue weighted by Gasteiger charge is 2.54. The van der Waals surface area contributed by atoms with Crippen LogP contribution in [0.3, 0.4) is 0 Å². The highest BCUT2D eigenvalue weighted by Crippen LogP contribution is 2.34. The Morgan fingerprint density at radius 1 is 0.314 bits per heavy atom. The van der Waals surface area contributed by atoms with E-state index in [9.17, 15) is 61.0 Å². The van der Waals surface area contributed by atoms with E-state index in [4.69, 9.17) is 28.4 Å². The molecule has 3 aliphatic heterocycles. The van der Waals surface area contributed by atoms with Crippen LogP contribution in [0.5, 0.6) is 0 Å². The second kappa shape index (κ2) is 64.6. The lowest BCUT2D eigenvalue weighted by Gasteiger charge is -2.48. The Hall–Kier alpha value is -1.21. The van der Waals surface area contributed by atoms with E-state index < -0.39 is 124 Å². The second-order valence-electron chi connectivity index (χ2n) is 31.4. The van der Waals surface area contributed by atoms with Gasteiger partial charge in [0.2, 0.25) is 5.91 Å². The first-order valence-corrected chi connectivity index (χ1v) is 43.3. The maximum absolute atomic E-state index is 13.5. The molecule has 606 valence electrons. The summed E-state index contributed by atoms with van der Waals surface area (Å²) < 4.78 is 34.6. The largest absolute Gasteiger partial charge is 0.394 e. The maximum Gasteiger partial charge on any atom is 0.220 e. The summed E-state index contributed by atoms with van der Waals surface area (Å²) in [5, 5.41) is 121. The van der Waals surface area contributed by atoms with Crippen LogP contribution in [-0.4, -0.2) is 193 Å². The van der Waals surface area contributed by atoms with Gasteiger partial charge in [-0.25, -0.2) is 0 Å². The summed E-state index contributed by atoms with van der Waals surface area (Å²) in [6.45, 7) is 1.88. The van der Waals surface area contributed by atoms with E-state index in [1.54, 1.807) is 0 Å². The van der Waals surface area contributed by atoms with Crippen LogP contribution in [-0.2, 0) is 33.2 Å². The molecule has 102 heavy (non-hydrogen) atoms. The second-order valence-corrected chi connectivity index (χ2v) is 31.4. The first kappa shape index (κ1) is 95.0. The van der Waals surface area contributed by atoms with Gasteiger partial charge in [0.15, 0.2) is 18.9 Å². The predicted molar refractivity (Wildman–Crippen MR) is 407 cm³/mol. The molecule has 0 aromatic heterocycles. The fraction of sp³-hybridized carbons (Fsp3) is 0.988. The highest BCUT2D eigenvalue weighted by molar-refractivity contribution is 5.76. The smallest absolute Gasteiger partial charge is 0.220 e. The van der Waals surface area contributed by atoms with Crippen LogP contribution in [0.2, 0.25) is 0 Å². The fourth-order valence-electron chi connectivity index (χ4n) is 15.3. The van der Waals surface area contributed by atoms with Crippen LogP contribution in [0.25, 0.3) is 0 Å². The minimum atomic E-state index is -1.97. The number of hydrogen-bond acceptors (Lipinski definition) is 18. The summed E-state index contributed by atoms with van der Waals surface area (Å²) in [7, 11) is 0. The number of aliphatic hydroxyl groups excluding tert-OH is 11. The molecule has 3 saturated heterocycles. The molecule has 0 aliphatic carbocycles. The predicted octanol–water partition coefficient (Wildman–Crippen LogP) is 15.4. The minimum Gasteiger partial charge on any atom is -0.394 e. The van der Waals surface area contributed by atoms with Crippen molar-refractivity contribution in [2.75, 3.05) is 26.4 Å². The molecular formula is C83H161NO18. The van der Waals surface area contributed by atoms with Crippen molar-refractivity contribution in [3.05, 3.63) is 0 Å². The molecule has 0 bridgehead atoms. The summed E-state index contributed by atoms with van der Waals surface area (Å²) in [5.41, 5.74) is 0. The van der Waals surface area contributed by atoms with Gasteiger partial charge in [0, 0.05) is 6.42 Å². The number of aliphatic hydroxyl groups is 11. The zero-order valence-corrected chi connectivity index (χ0v) is 65.1. The van der Waals surface area contributed by atoms with E-state index in [0.717, 1.165) is 44.9 Å². The molecule has 3 heterocycles. The van der Waals surface area contributed by atoms with Crippen LogP contribution in [0, 0.1) is 0 Å². The third-order valence-corrected chi connectivity index (χ3v) is 22.2. The molecule has 0 aromatic carbocycles. The van der Waals surface area contributed by atoms with Gasteiger partial charge in [-0.15, -0.1) is 0 Å². The number of carbonyl (C=O) groups excluding carboxylic acids is 1. The topological polar surface area (TPSA) is 307 Å². The van der Waals surface area contributed by atoms with Crippen molar-refractivity contribution in [2.24, 2.45) is 0 Å². The summed E-state index contributed by atoms with van der Waals surface area (Å²) >= 11 is 0. The highest BCUT2D eigenvalue weighted by atomic mass is 16.8. The lowest BCUT2D eigenvalue weighted by molar-refractivity contribution is -0.379.